The van der Waals surface area contributed by atoms with Gasteiger partial charge < -0.3 is 12.1 Å². The van der Waals surface area contributed by atoms with Gasteiger partial charge in [0.25, 0.3) is 0 Å². The van der Waals surface area contributed by atoms with E-state index in [0.29, 0.717) is 4.90 Å². The van der Waals surface area contributed by atoms with Gasteiger partial charge in [0, 0.05) is 45.3 Å². The van der Waals surface area contributed by atoms with E-state index >= 15 is 0 Å². The summed E-state index contributed by atoms with van der Waals surface area (Å²) in [6.45, 7) is 4.00. The quantitative estimate of drug-likeness (QED) is 0.262. The molecule has 0 unspecified atom stereocenters. The molecule has 0 aliphatic carbocycles. The monoisotopic (exact) mass is 551 g/mol. The van der Waals surface area contributed by atoms with Crippen molar-refractivity contribution < 1.29 is 44.5 Å². The smallest absolute Gasteiger partial charge is 0.152 e. The molecule has 0 spiro atoms. The van der Waals surface area contributed by atoms with E-state index in [1.165, 1.54) is 23.9 Å². The van der Waals surface area contributed by atoms with Gasteiger partial charge in [-0.15, -0.1) is 23.1 Å². The van der Waals surface area contributed by atoms with E-state index in [2.05, 4.69) is 17.1 Å². The van der Waals surface area contributed by atoms with Crippen LogP contribution in [0.1, 0.15) is 13.8 Å². The van der Waals surface area contributed by atoms with Gasteiger partial charge in [-0.25, -0.2) is 22.0 Å². The van der Waals surface area contributed by atoms with Crippen molar-refractivity contribution in [3.05, 3.63) is 58.6 Å². The van der Waals surface area contributed by atoms with Crippen LogP contribution in [0, 0.1) is 22.2 Å². The predicted octanol–water partition coefficient (Wildman–Crippen LogP) is 4.98. The summed E-state index contributed by atoms with van der Waals surface area (Å²) >= 11 is 2.99. The van der Waals surface area contributed by atoms with Crippen molar-refractivity contribution in [1.82, 2.24) is 4.98 Å². The van der Waals surface area contributed by atoms with Crippen molar-refractivity contribution in [2.45, 2.75) is 23.1 Å². The molecule has 3 aromatic rings. The molecule has 0 amide bonds. The van der Waals surface area contributed by atoms with Crippen molar-refractivity contribution in [3.63, 3.8) is 0 Å². The molecule has 0 aliphatic rings. The Morgan fingerprint density at radius 1 is 1.22 bits per heavy atom. The molecule has 1 radical (unpaired) electrons. The van der Waals surface area contributed by atoms with Crippen LogP contribution in [0.5, 0.6) is 0 Å². The number of rotatable bonds is 3. The van der Waals surface area contributed by atoms with E-state index in [-0.39, 0.29) is 45.3 Å². The third kappa shape index (κ3) is 6.05. The minimum atomic E-state index is -0.459. The van der Waals surface area contributed by atoms with Crippen molar-refractivity contribution in [3.8, 4) is 0 Å². The Bertz CT molecular complexity index is 718. The summed E-state index contributed by atoms with van der Waals surface area (Å²) < 4.78 is 1.99. The summed E-state index contributed by atoms with van der Waals surface area (Å²) in [5.41, 5.74) is 0.950. The van der Waals surface area contributed by atoms with E-state index < -0.39 is 4.92 Å². The first kappa shape index (κ1) is 22.4. The number of nitro benzene ring substituents is 1. The van der Waals surface area contributed by atoms with Gasteiger partial charge in [0.15, 0.2) is 4.34 Å². The second-order valence-electron chi connectivity index (χ2n) is 3.64. The summed E-state index contributed by atoms with van der Waals surface area (Å²) in [4.78, 5) is 15.2. The van der Waals surface area contributed by atoms with Gasteiger partial charge in [-0.2, -0.15) is 0 Å². The number of hydrogen-bond acceptors (Lipinski definition) is 5. The Kier molecular flexibility index (Phi) is 10.7. The Morgan fingerprint density at radius 3 is 2.39 bits per heavy atom. The summed E-state index contributed by atoms with van der Waals surface area (Å²) in [5.74, 6) is 0. The van der Waals surface area contributed by atoms with E-state index in [9.17, 15) is 10.1 Å². The van der Waals surface area contributed by atoms with Crippen LogP contribution in [-0.4, -0.2) is 9.91 Å². The minimum absolute atomic E-state index is 0. The molecule has 23 heavy (non-hydrogen) atoms. The van der Waals surface area contributed by atoms with Gasteiger partial charge >= 0.3 is 0 Å². The first-order chi connectivity index (χ1) is 10.2. The molecule has 0 atom stereocenters. The predicted molar refractivity (Wildman–Crippen MR) is 85.9 cm³/mol. The fourth-order valence-electron chi connectivity index (χ4n) is 1.51. The van der Waals surface area contributed by atoms with Crippen LogP contribution in [0.15, 0.2) is 45.6 Å². The Hall–Kier alpha value is -0.647. The number of nitrogens with zero attached hydrogens (tertiary/aromatic N) is 2. The van der Waals surface area contributed by atoms with Crippen LogP contribution in [0.4, 0.5) is 5.69 Å². The third-order valence-electron chi connectivity index (χ3n) is 2.38. The Labute approximate surface area is 169 Å². The normalized spacial score (nSPS) is 9.13. The summed E-state index contributed by atoms with van der Waals surface area (Å²) in [6, 6.07) is 16.3. The van der Waals surface area contributed by atoms with Crippen LogP contribution in [0.2, 0.25) is 0 Å². The van der Waals surface area contributed by atoms with Crippen LogP contribution in [0.25, 0.3) is 10.2 Å². The van der Waals surface area contributed by atoms with Crippen molar-refractivity contribution in [2.24, 2.45) is 0 Å². The van der Waals surface area contributed by atoms with Crippen LogP contribution in [0.3, 0.4) is 0 Å². The fraction of sp³-hybridized carbons (Fsp3) is 0.133. The van der Waals surface area contributed by atoms with E-state index in [0.717, 1.165) is 14.6 Å². The molecule has 3 rings (SSSR count). The van der Waals surface area contributed by atoms with Gasteiger partial charge in [-0.05, 0) is 12.1 Å². The molecule has 0 bridgehead atoms. The number of hydrogen-bond donors (Lipinski definition) is 0. The molecule has 0 N–H and O–H groups in total. The van der Waals surface area contributed by atoms with Gasteiger partial charge in [-0.3, -0.25) is 10.1 Å². The second kappa shape index (κ2) is 11.0. The van der Waals surface area contributed by atoms with Crippen molar-refractivity contribution in [1.29, 1.82) is 0 Å². The summed E-state index contributed by atoms with van der Waals surface area (Å²) in [7, 11) is 0. The van der Waals surface area contributed by atoms with Crippen LogP contribution >= 0.6 is 23.1 Å². The zero-order chi connectivity index (χ0) is 15.2. The molecule has 0 saturated heterocycles. The summed E-state index contributed by atoms with van der Waals surface area (Å²) in [6.07, 6.45) is 0. The van der Waals surface area contributed by atoms with Crippen molar-refractivity contribution >= 4 is 39.0 Å². The molecule has 119 valence electrons. The maximum absolute atomic E-state index is 10.5. The van der Waals surface area contributed by atoms with E-state index in [1.54, 1.807) is 11.3 Å². The molecule has 0 saturated carbocycles. The second-order valence-corrected chi connectivity index (χ2v) is 5.93. The third-order valence-corrected chi connectivity index (χ3v) is 4.41. The van der Waals surface area contributed by atoms with Gasteiger partial charge in [0.1, 0.15) is 0 Å². The molecule has 0 fully saturated rings. The molecular weight excluding hydrogens is 539 g/mol. The molecule has 8 heteroatoms. The van der Waals surface area contributed by atoms with Gasteiger partial charge in [0.2, 0.25) is 0 Å². The van der Waals surface area contributed by atoms with Crippen molar-refractivity contribution in [2.75, 3.05) is 0 Å². The molecule has 2 aromatic carbocycles. The molecular formula is C15H12N2O2S2VW-2. The van der Waals surface area contributed by atoms with Crippen LogP contribution in [-0.2, 0) is 39.6 Å². The Balaban J connectivity index is 0.00000117. The maximum Gasteiger partial charge on any atom is 0.152 e. The number of fused-ring (bicyclic) bond motifs is 1. The Morgan fingerprint density at radius 2 is 1.83 bits per heavy atom. The number of thiazole rings is 1. The SMILES string of the molecule is CC.O=[N+]([O-])c1c[c-]c(Sc2nc3ccccc3s2)[c-]c1.[V].[W]. The average molecular weight is 551 g/mol. The number of aromatic nitrogens is 1. The zero-order valence-electron chi connectivity index (χ0n) is 12.3. The number of para-hydroxylation sites is 1. The maximum atomic E-state index is 10.5. The zero-order valence-corrected chi connectivity index (χ0v) is 18.3. The van der Waals surface area contributed by atoms with Gasteiger partial charge in [-0.1, -0.05) is 30.9 Å². The number of benzene rings is 2. The summed E-state index contributed by atoms with van der Waals surface area (Å²) in [5, 5.41) is 10.5. The molecule has 1 heterocycles. The first-order valence-electron chi connectivity index (χ1n) is 6.33. The molecule has 4 nitrogen and oxygen atoms in total. The topological polar surface area (TPSA) is 56.0 Å². The first-order valence-corrected chi connectivity index (χ1v) is 7.97. The minimum Gasteiger partial charge on any atom is -0.339 e. The largest absolute Gasteiger partial charge is 0.339 e. The van der Waals surface area contributed by atoms with E-state index in [1.807, 2.05) is 38.1 Å². The van der Waals surface area contributed by atoms with E-state index in [4.69, 9.17) is 0 Å². The van der Waals surface area contributed by atoms with Gasteiger partial charge in [0.05, 0.1) is 10.2 Å². The molecule has 1 aromatic heterocycles. The number of nitro groups is 1. The van der Waals surface area contributed by atoms with Crippen LogP contribution < -0.4 is 0 Å². The molecule has 0 aliphatic heterocycles. The standard InChI is InChI=1S/C13H6N2O2S2.C2H6.V.W/c16-15(17)9-5-7-10(8-6-9)18-13-14-11-3-1-2-4-12(11)19-13;1-2;;/h1-6H;1-2H3;;/q-2;;;. The number of non-ortho nitro benzene ring substituents is 1. The fourth-order valence-corrected chi connectivity index (χ4v) is 3.45. The average Bonchev–Trinajstić information content (AvgIpc) is 2.92.